The number of anilines is 5. The molecule has 1 aliphatic heterocycles. The quantitative estimate of drug-likeness (QED) is 0.430. The number of hydrogen-bond acceptors (Lipinski definition) is 5. The Morgan fingerprint density at radius 2 is 1.34 bits per heavy atom. The van der Waals surface area contributed by atoms with Gasteiger partial charge in [0.1, 0.15) is 0 Å². The highest BCUT2D eigenvalue weighted by atomic mass is 32.2. The molecule has 32 heavy (non-hydrogen) atoms. The Morgan fingerprint density at radius 1 is 0.719 bits per heavy atom. The van der Waals surface area contributed by atoms with Crippen LogP contribution in [0.4, 0.5) is 28.4 Å². The molecule has 3 N–H and O–H groups in total. The minimum atomic E-state index is -3.67. The molecule has 0 bridgehead atoms. The molecule has 6 nitrogen and oxygen atoms in total. The molecule has 0 saturated carbocycles. The Bertz CT molecular complexity index is 1430. The number of fused-ring (bicyclic) bond motifs is 2. The summed E-state index contributed by atoms with van der Waals surface area (Å²) >= 11 is 0. The Morgan fingerprint density at radius 3 is 2.09 bits per heavy atom. The number of amides is 1. The van der Waals surface area contributed by atoms with Crippen molar-refractivity contribution in [1.82, 2.24) is 0 Å². The molecule has 0 aliphatic carbocycles. The van der Waals surface area contributed by atoms with E-state index in [1.54, 1.807) is 41.3 Å². The number of nitrogens with one attached hydrogen (secondary N) is 1. The van der Waals surface area contributed by atoms with Crippen LogP contribution in [0.15, 0.2) is 107 Å². The van der Waals surface area contributed by atoms with Crippen LogP contribution in [0.25, 0.3) is 0 Å². The molecule has 0 aromatic heterocycles. The van der Waals surface area contributed by atoms with Crippen molar-refractivity contribution >= 4 is 44.2 Å². The average Bonchev–Trinajstić information content (AvgIpc) is 2.83. The van der Waals surface area contributed by atoms with Gasteiger partial charge in [0.2, 0.25) is 9.84 Å². The molecule has 158 valence electrons. The molecule has 0 unspecified atom stereocenters. The molecular weight excluding hydrogens is 422 g/mol. The van der Waals surface area contributed by atoms with Gasteiger partial charge in [-0.3, -0.25) is 9.69 Å². The summed E-state index contributed by atoms with van der Waals surface area (Å²) in [5.74, 6) is -0.304. The zero-order valence-corrected chi connectivity index (χ0v) is 17.7. The molecule has 1 amide bonds. The average molecular weight is 442 g/mol. The second kappa shape index (κ2) is 7.55. The third-order valence-corrected chi connectivity index (χ3v) is 7.16. The summed E-state index contributed by atoms with van der Waals surface area (Å²) in [7, 11) is -3.67. The van der Waals surface area contributed by atoms with Gasteiger partial charge >= 0.3 is 0 Å². The zero-order chi connectivity index (χ0) is 22.3. The van der Waals surface area contributed by atoms with E-state index >= 15 is 0 Å². The highest BCUT2D eigenvalue weighted by Gasteiger charge is 2.30. The highest BCUT2D eigenvalue weighted by Crippen LogP contribution is 2.47. The number of benzene rings is 4. The Hall–Kier alpha value is -4.10. The zero-order valence-electron chi connectivity index (χ0n) is 16.9. The van der Waals surface area contributed by atoms with Crippen molar-refractivity contribution in [2.75, 3.05) is 16.0 Å². The van der Waals surface area contributed by atoms with Gasteiger partial charge in [-0.15, -0.1) is 0 Å². The summed E-state index contributed by atoms with van der Waals surface area (Å²) in [4.78, 5) is 15.5. The number of nitrogen functional groups attached to an aromatic ring is 1. The van der Waals surface area contributed by atoms with Crippen LogP contribution in [0, 0.1) is 0 Å². The number of nitrogens with two attached hydrogens (primary N) is 1. The molecule has 1 heterocycles. The van der Waals surface area contributed by atoms with Gasteiger partial charge in [0.25, 0.3) is 5.91 Å². The lowest BCUT2D eigenvalue weighted by Gasteiger charge is -2.33. The molecule has 0 saturated heterocycles. The summed E-state index contributed by atoms with van der Waals surface area (Å²) in [5.41, 5.74) is 9.79. The monoisotopic (exact) mass is 441 g/mol. The Balaban J connectivity index is 1.56. The number of rotatable bonds is 3. The number of para-hydroxylation sites is 3. The van der Waals surface area contributed by atoms with E-state index in [-0.39, 0.29) is 15.7 Å². The largest absolute Gasteiger partial charge is 0.397 e. The smallest absolute Gasteiger partial charge is 0.263 e. The van der Waals surface area contributed by atoms with E-state index < -0.39 is 9.84 Å². The molecular formula is C25H19N3O3S. The molecule has 5 rings (SSSR count). The Kier molecular flexibility index (Phi) is 4.68. The first-order valence-corrected chi connectivity index (χ1v) is 11.4. The summed E-state index contributed by atoms with van der Waals surface area (Å²) in [5, 5.41) is 3.31. The van der Waals surface area contributed by atoms with Crippen LogP contribution in [-0.4, -0.2) is 14.3 Å². The van der Waals surface area contributed by atoms with Crippen LogP contribution in [0.5, 0.6) is 0 Å². The minimum Gasteiger partial charge on any atom is -0.397 e. The van der Waals surface area contributed by atoms with Gasteiger partial charge in [-0.05, 0) is 60.7 Å². The van der Waals surface area contributed by atoms with Crippen LogP contribution in [0.2, 0.25) is 0 Å². The predicted octanol–water partition coefficient (Wildman–Crippen LogP) is 5.14. The maximum Gasteiger partial charge on any atom is 0.263 e. The van der Waals surface area contributed by atoms with Crippen molar-refractivity contribution in [3.05, 3.63) is 103 Å². The van der Waals surface area contributed by atoms with Gasteiger partial charge in [0, 0.05) is 5.56 Å². The minimum absolute atomic E-state index is 0.126. The van der Waals surface area contributed by atoms with Crippen LogP contribution < -0.4 is 16.0 Å². The SMILES string of the molecule is Nc1cccc2c1N(C(=O)c1ccc(S(=O)(=O)c3ccccc3)cc1)c1ccccc1N2. The van der Waals surface area contributed by atoms with E-state index in [2.05, 4.69) is 5.32 Å². The van der Waals surface area contributed by atoms with Crippen LogP contribution in [0.3, 0.4) is 0 Å². The van der Waals surface area contributed by atoms with E-state index in [4.69, 9.17) is 5.73 Å². The summed E-state index contributed by atoms with van der Waals surface area (Å²) in [6.45, 7) is 0. The van der Waals surface area contributed by atoms with Crippen molar-refractivity contribution in [2.45, 2.75) is 9.79 Å². The van der Waals surface area contributed by atoms with Gasteiger partial charge in [0.05, 0.1) is 38.2 Å². The van der Waals surface area contributed by atoms with E-state index in [1.165, 1.54) is 24.3 Å². The number of sulfone groups is 1. The summed E-state index contributed by atoms with van der Waals surface area (Å²) in [6, 6.07) is 27.1. The van der Waals surface area contributed by atoms with Gasteiger partial charge in [-0.25, -0.2) is 8.42 Å². The van der Waals surface area contributed by atoms with Gasteiger partial charge in [-0.2, -0.15) is 0 Å². The van der Waals surface area contributed by atoms with E-state index in [0.29, 0.717) is 22.6 Å². The predicted molar refractivity (Wildman–Crippen MR) is 125 cm³/mol. The molecule has 4 aromatic carbocycles. The maximum absolute atomic E-state index is 13.6. The highest BCUT2D eigenvalue weighted by molar-refractivity contribution is 7.91. The number of hydrogen-bond donors (Lipinski definition) is 2. The van der Waals surface area contributed by atoms with Crippen LogP contribution in [-0.2, 0) is 9.84 Å². The van der Waals surface area contributed by atoms with Crippen molar-refractivity contribution < 1.29 is 13.2 Å². The third-order valence-electron chi connectivity index (χ3n) is 5.37. The number of nitrogens with zero attached hydrogens (tertiary/aromatic N) is 1. The standard InChI is InChI=1S/C25H19N3O3S/c26-20-9-6-11-22-24(20)28(23-12-5-4-10-21(23)27-22)25(29)17-13-15-19(16-14-17)32(30,31)18-7-2-1-3-8-18/h1-16,27H,26H2. The molecule has 4 aromatic rings. The van der Waals surface area contributed by atoms with Crippen LogP contribution in [0.1, 0.15) is 10.4 Å². The van der Waals surface area contributed by atoms with Crippen molar-refractivity contribution in [3.8, 4) is 0 Å². The lowest BCUT2D eigenvalue weighted by Crippen LogP contribution is -2.30. The lowest BCUT2D eigenvalue weighted by atomic mass is 10.1. The van der Waals surface area contributed by atoms with Crippen molar-refractivity contribution in [2.24, 2.45) is 0 Å². The molecule has 7 heteroatoms. The molecule has 0 atom stereocenters. The third kappa shape index (κ3) is 3.19. The number of carbonyl (C=O) groups is 1. The molecule has 0 radical (unpaired) electrons. The molecule has 1 aliphatic rings. The first kappa shape index (κ1) is 19.8. The van der Waals surface area contributed by atoms with Gasteiger partial charge in [-0.1, -0.05) is 36.4 Å². The first-order valence-electron chi connectivity index (χ1n) is 9.96. The fraction of sp³-hybridized carbons (Fsp3) is 0. The summed E-state index contributed by atoms with van der Waals surface area (Å²) < 4.78 is 25.7. The lowest BCUT2D eigenvalue weighted by molar-refractivity contribution is 0.0999. The Labute approximate surface area is 185 Å². The van der Waals surface area contributed by atoms with Crippen molar-refractivity contribution in [1.29, 1.82) is 0 Å². The fourth-order valence-corrected chi connectivity index (χ4v) is 5.09. The normalized spacial score (nSPS) is 12.4. The number of carbonyl (C=O) groups excluding carboxylic acids is 1. The molecule has 0 spiro atoms. The van der Waals surface area contributed by atoms with Crippen molar-refractivity contribution in [3.63, 3.8) is 0 Å². The van der Waals surface area contributed by atoms with E-state index in [9.17, 15) is 13.2 Å². The second-order valence-corrected chi connectivity index (χ2v) is 9.32. The molecule has 0 fully saturated rings. The summed E-state index contributed by atoms with van der Waals surface area (Å²) in [6.07, 6.45) is 0. The fourth-order valence-electron chi connectivity index (χ4n) is 3.80. The first-order chi connectivity index (χ1) is 15.5. The van der Waals surface area contributed by atoms with Crippen LogP contribution >= 0.6 is 0 Å². The van der Waals surface area contributed by atoms with E-state index in [1.807, 2.05) is 36.4 Å². The second-order valence-electron chi connectivity index (χ2n) is 7.37. The topological polar surface area (TPSA) is 92.5 Å². The van der Waals surface area contributed by atoms with Gasteiger partial charge < -0.3 is 11.1 Å². The maximum atomic E-state index is 13.6. The van der Waals surface area contributed by atoms with E-state index in [0.717, 1.165) is 11.4 Å². The van der Waals surface area contributed by atoms with Gasteiger partial charge in [0.15, 0.2) is 0 Å².